The molecule has 2 aliphatic rings. The third-order valence-corrected chi connectivity index (χ3v) is 4.66. The second-order valence-corrected chi connectivity index (χ2v) is 8.37. The van der Waals surface area contributed by atoms with Gasteiger partial charge in [0.15, 0.2) is 0 Å². The lowest BCUT2D eigenvalue weighted by Crippen LogP contribution is -2.48. The topological polar surface area (TPSA) is 15.3 Å². The largest absolute Gasteiger partial charge is 0.315 e. The monoisotopic (exact) mass is 252 g/mol. The number of hydrogen-bond acceptors (Lipinski definition) is 2. The molecule has 2 fully saturated rings. The molecule has 0 aromatic rings. The van der Waals surface area contributed by atoms with Crippen LogP contribution < -0.4 is 5.32 Å². The van der Waals surface area contributed by atoms with E-state index < -0.39 is 0 Å². The Morgan fingerprint density at radius 2 is 1.67 bits per heavy atom. The Labute approximate surface area is 114 Å². The second kappa shape index (κ2) is 5.13. The van der Waals surface area contributed by atoms with Gasteiger partial charge in [0.25, 0.3) is 0 Å². The molecule has 0 aromatic carbocycles. The SMILES string of the molecule is CC1CNCCN(C2CC(C)(C)CC(C)(C)C2)C1. The highest BCUT2D eigenvalue weighted by molar-refractivity contribution is 4.94. The number of nitrogens with one attached hydrogen (secondary N) is 1. The Morgan fingerprint density at radius 3 is 2.28 bits per heavy atom. The van der Waals surface area contributed by atoms with Gasteiger partial charge in [-0.2, -0.15) is 0 Å². The molecule has 1 saturated carbocycles. The van der Waals surface area contributed by atoms with Crippen LogP contribution in [0.5, 0.6) is 0 Å². The van der Waals surface area contributed by atoms with Crippen LogP contribution in [0, 0.1) is 16.7 Å². The van der Waals surface area contributed by atoms with Crippen molar-refractivity contribution in [2.45, 2.75) is 59.9 Å². The van der Waals surface area contributed by atoms with Crippen LogP contribution in [-0.2, 0) is 0 Å². The summed E-state index contributed by atoms with van der Waals surface area (Å²) >= 11 is 0. The van der Waals surface area contributed by atoms with Crippen molar-refractivity contribution >= 4 is 0 Å². The predicted molar refractivity (Wildman–Crippen MR) is 78.8 cm³/mol. The molecule has 1 atom stereocenters. The van der Waals surface area contributed by atoms with Gasteiger partial charge in [-0.25, -0.2) is 0 Å². The van der Waals surface area contributed by atoms with Crippen LogP contribution in [0.25, 0.3) is 0 Å². The summed E-state index contributed by atoms with van der Waals surface area (Å²) in [6.07, 6.45) is 4.13. The van der Waals surface area contributed by atoms with Crippen molar-refractivity contribution < 1.29 is 0 Å². The molecule has 2 rings (SSSR count). The summed E-state index contributed by atoms with van der Waals surface area (Å²) in [4.78, 5) is 2.77. The Bertz CT molecular complexity index is 267. The van der Waals surface area contributed by atoms with E-state index in [-0.39, 0.29) is 0 Å². The van der Waals surface area contributed by atoms with Gasteiger partial charge in [0.2, 0.25) is 0 Å². The fraction of sp³-hybridized carbons (Fsp3) is 1.00. The Kier molecular flexibility index (Phi) is 4.08. The first-order valence-electron chi connectivity index (χ1n) is 7.72. The Morgan fingerprint density at radius 1 is 1.06 bits per heavy atom. The van der Waals surface area contributed by atoms with E-state index in [1.807, 2.05) is 0 Å². The smallest absolute Gasteiger partial charge is 0.0110 e. The van der Waals surface area contributed by atoms with Crippen molar-refractivity contribution in [3.05, 3.63) is 0 Å². The Balaban J connectivity index is 2.06. The molecule has 0 amide bonds. The number of nitrogens with zero attached hydrogens (tertiary/aromatic N) is 1. The lowest BCUT2D eigenvalue weighted by Gasteiger charge is -2.48. The lowest BCUT2D eigenvalue weighted by molar-refractivity contribution is 0.0231. The molecule has 0 aromatic heterocycles. The zero-order valence-corrected chi connectivity index (χ0v) is 13.1. The molecule has 0 radical (unpaired) electrons. The van der Waals surface area contributed by atoms with Crippen LogP contribution in [0.3, 0.4) is 0 Å². The molecular weight excluding hydrogens is 220 g/mol. The van der Waals surface area contributed by atoms with E-state index in [1.165, 1.54) is 45.4 Å². The van der Waals surface area contributed by atoms with Crippen LogP contribution in [-0.4, -0.2) is 37.1 Å². The van der Waals surface area contributed by atoms with Crippen LogP contribution in [0.15, 0.2) is 0 Å². The first-order valence-corrected chi connectivity index (χ1v) is 7.72. The first kappa shape index (κ1) is 14.3. The van der Waals surface area contributed by atoms with Crippen LogP contribution in [0.1, 0.15) is 53.9 Å². The average molecular weight is 252 g/mol. The van der Waals surface area contributed by atoms with E-state index >= 15 is 0 Å². The van der Waals surface area contributed by atoms with Gasteiger partial charge in [-0.3, -0.25) is 4.90 Å². The molecule has 2 heteroatoms. The Hall–Kier alpha value is -0.0800. The highest BCUT2D eigenvalue weighted by atomic mass is 15.2. The fourth-order valence-corrected chi connectivity index (χ4v) is 4.50. The van der Waals surface area contributed by atoms with E-state index in [0.717, 1.165) is 12.0 Å². The number of hydrogen-bond donors (Lipinski definition) is 1. The zero-order chi connectivity index (χ0) is 13.4. The molecule has 1 aliphatic carbocycles. The summed E-state index contributed by atoms with van der Waals surface area (Å²) in [6.45, 7) is 17.1. The van der Waals surface area contributed by atoms with Gasteiger partial charge >= 0.3 is 0 Å². The van der Waals surface area contributed by atoms with Crippen molar-refractivity contribution in [2.24, 2.45) is 16.7 Å². The molecule has 1 N–H and O–H groups in total. The molecule has 1 aliphatic heterocycles. The molecule has 1 unspecified atom stereocenters. The molecule has 106 valence electrons. The van der Waals surface area contributed by atoms with Gasteiger partial charge in [-0.1, -0.05) is 34.6 Å². The molecular formula is C16H32N2. The molecule has 18 heavy (non-hydrogen) atoms. The quantitative estimate of drug-likeness (QED) is 0.771. The highest BCUT2D eigenvalue weighted by Gasteiger charge is 2.40. The van der Waals surface area contributed by atoms with Crippen molar-refractivity contribution in [2.75, 3.05) is 26.2 Å². The molecule has 2 nitrogen and oxygen atoms in total. The highest BCUT2D eigenvalue weighted by Crippen LogP contribution is 2.47. The maximum absolute atomic E-state index is 3.57. The van der Waals surface area contributed by atoms with Crippen LogP contribution in [0.2, 0.25) is 0 Å². The normalized spacial score (nSPS) is 34.2. The summed E-state index contributed by atoms with van der Waals surface area (Å²) < 4.78 is 0. The third kappa shape index (κ3) is 3.71. The van der Waals surface area contributed by atoms with Gasteiger partial charge in [0, 0.05) is 25.7 Å². The fourth-order valence-electron chi connectivity index (χ4n) is 4.50. The summed E-state index contributed by atoms with van der Waals surface area (Å²) in [7, 11) is 0. The third-order valence-electron chi connectivity index (χ3n) is 4.66. The summed E-state index contributed by atoms with van der Waals surface area (Å²) in [5.74, 6) is 0.792. The van der Waals surface area contributed by atoms with Gasteiger partial charge in [0.05, 0.1) is 0 Å². The zero-order valence-electron chi connectivity index (χ0n) is 13.1. The van der Waals surface area contributed by atoms with E-state index in [9.17, 15) is 0 Å². The van der Waals surface area contributed by atoms with E-state index in [0.29, 0.717) is 10.8 Å². The van der Waals surface area contributed by atoms with Crippen LogP contribution >= 0.6 is 0 Å². The van der Waals surface area contributed by atoms with Crippen LogP contribution in [0.4, 0.5) is 0 Å². The van der Waals surface area contributed by atoms with E-state index in [2.05, 4.69) is 44.8 Å². The first-order chi connectivity index (χ1) is 8.27. The van der Waals surface area contributed by atoms with Gasteiger partial charge in [-0.05, 0) is 42.6 Å². The van der Waals surface area contributed by atoms with E-state index in [1.54, 1.807) is 0 Å². The van der Waals surface area contributed by atoms with Gasteiger partial charge in [0.1, 0.15) is 0 Å². The number of rotatable bonds is 1. The summed E-state index contributed by atoms with van der Waals surface area (Å²) in [6, 6.07) is 0.797. The summed E-state index contributed by atoms with van der Waals surface area (Å²) in [5, 5.41) is 3.57. The maximum atomic E-state index is 3.57. The minimum Gasteiger partial charge on any atom is -0.315 e. The molecule has 0 bridgehead atoms. The molecule has 1 heterocycles. The van der Waals surface area contributed by atoms with Gasteiger partial charge in [-0.15, -0.1) is 0 Å². The van der Waals surface area contributed by atoms with Crippen molar-refractivity contribution in [1.29, 1.82) is 0 Å². The van der Waals surface area contributed by atoms with Crippen molar-refractivity contribution in [3.63, 3.8) is 0 Å². The van der Waals surface area contributed by atoms with E-state index in [4.69, 9.17) is 0 Å². The average Bonchev–Trinajstić information content (AvgIpc) is 2.38. The predicted octanol–water partition coefficient (Wildman–Crippen LogP) is 3.13. The minimum absolute atomic E-state index is 0.509. The lowest BCUT2D eigenvalue weighted by atomic mass is 9.63. The molecule has 0 spiro atoms. The van der Waals surface area contributed by atoms with Crippen molar-refractivity contribution in [1.82, 2.24) is 10.2 Å². The maximum Gasteiger partial charge on any atom is 0.0110 e. The standard InChI is InChI=1S/C16H32N2/c1-13-10-17-6-7-18(11-13)14-8-15(2,3)12-16(4,5)9-14/h13-14,17H,6-12H2,1-5H3. The minimum atomic E-state index is 0.509. The molecule has 1 saturated heterocycles. The van der Waals surface area contributed by atoms with Crippen molar-refractivity contribution in [3.8, 4) is 0 Å². The summed E-state index contributed by atoms with van der Waals surface area (Å²) in [5.41, 5.74) is 1.02. The van der Waals surface area contributed by atoms with Gasteiger partial charge < -0.3 is 5.32 Å². The second-order valence-electron chi connectivity index (χ2n) is 8.37.